The van der Waals surface area contributed by atoms with Gasteiger partial charge in [0, 0.05) is 10.6 Å². The number of carbonyl (C=O) groups excluding carboxylic acids is 1. The smallest absolute Gasteiger partial charge is 0.442 e. The van der Waals surface area contributed by atoms with E-state index in [9.17, 15) is 22.4 Å². The van der Waals surface area contributed by atoms with Gasteiger partial charge < -0.3 is 4.74 Å². The molecule has 1 fully saturated rings. The fourth-order valence-electron chi connectivity index (χ4n) is 2.55. The molecule has 0 bridgehead atoms. The van der Waals surface area contributed by atoms with E-state index in [1.54, 1.807) is 38.1 Å². The third kappa shape index (κ3) is 3.86. The van der Waals surface area contributed by atoms with Gasteiger partial charge in [-0.15, -0.1) is 0 Å². The summed E-state index contributed by atoms with van der Waals surface area (Å²) in [6, 6.07) is 6.75. The molecule has 7 heteroatoms. The monoisotopic (exact) mass is 350 g/mol. The van der Waals surface area contributed by atoms with Gasteiger partial charge in [-0.3, -0.25) is 4.79 Å². The second-order valence-electron chi connectivity index (χ2n) is 6.04. The number of ether oxygens (including phenoxy) is 1. The van der Waals surface area contributed by atoms with Crippen LogP contribution in [0.25, 0.3) is 0 Å². The van der Waals surface area contributed by atoms with Gasteiger partial charge in [0.15, 0.2) is 5.83 Å². The van der Waals surface area contributed by atoms with Gasteiger partial charge in [0.2, 0.25) is 0 Å². The van der Waals surface area contributed by atoms with Crippen LogP contribution in [0.2, 0.25) is 5.02 Å². The molecule has 1 aliphatic rings. The van der Waals surface area contributed by atoms with Crippen LogP contribution in [0.3, 0.4) is 0 Å². The summed E-state index contributed by atoms with van der Waals surface area (Å²) < 4.78 is 54.9. The van der Waals surface area contributed by atoms with Crippen LogP contribution in [0.4, 0.5) is 17.6 Å². The second-order valence-corrected chi connectivity index (χ2v) is 6.44. The number of carbonyl (C=O) groups is 1. The third-order valence-electron chi connectivity index (χ3n) is 4.09. The number of hydrogen-bond donors (Lipinski definition) is 0. The molecule has 1 aliphatic carbocycles. The first-order valence-corrected chi connectivity index (χ1v) is 7.27. The van der Waals surface area contributed by atoms with Crippen molar-refractivity contribution in [2.75, 3.05) is 0 Å². The summed E-state index contributed by atoms with van der Waals surface area (Å²) in [4.78, 5) is 12.0. The van der Waals surface area contributed by atoms with Crippen molar-refractivity contribution < 1.29 is 27.1 Å². The van der Waals surface area contributed by atoms with Crippen LogP contribution in [0.5, 0.6) is 0 Å². The van der Waals surface area contributed by atoms with Crippen molar-refractivity contribution in [3.63, 3.8) is 0 Å². The van der Waals surface area contributed by atoms with E-state index in [4.69, 9.17) is 16.3 Å². The first-order valence-electron chi connectivity index (χ1n) is 6.89. The average molecular weight is 351 g/mol. The minimum atomic E-state index is -5.04. The molecule has 0 aromatic heterocycles. The molecular weight excluding hydrogens is 336 g/mol. The van der Waals surface area contributed by atoms with E-state index in [-0.39, 0.29) is 6.61 Å². The summed E-state index contributed by atoms with van der Waals surface area (Å²) >= 11 is 5.93. The zero-order valence-corrected chi connectivity index (χ0v) is 13.2. The van der Waals surface area contributed by atoms with Gasteiger partial charge in [0.1, 0.15) is 6.61 Å². The predicted molar refractivity (Wildman–Crippen MR) is 77.3 cm³/mol. The maximum absolute atomic E-state index is 13.1. The van der Waals surface area contributed by atoms with E-state index in [0.29, 0.717) is 16.7 Å². The van der Waals surface area contributed by atoms with Gasteiger partial charge in [-0.1, -0.05) is 43.6 Å². The van der Waals surface area contributed by atoms with Crippen molar-refractivity contribution in [3.05, 3.63) is 46.8 Å². The van der Waals surface area contributed by atoms with Crippen molar-refractivity contribution in [1.29, 1.82) is 0 Å². The number of allylic oxidation sites excluding steroid dienone is 2. The summed E-state index contributed by atoms with van der Waals surface area (Å²) in [5.74, 6) is -4.50. The maximum atomic E-state index is 13.1. The summed E-state index contributed by atoms with van der Waals surface area (Å²) in [6.45, 7) is 3.11. The Labute approximate surface area is 136 Å². The van der Waals surface area contributed by atoms with Gasteiger partial charge in [-0.05, 0) is 23.5 Å². The number of esters is 1. The van der Waals surface area contributed by atoms with Gasteiger partial charge in [-0.25, -0.2) is 4.39 Å². The predicted octanol–water partition coefficient (Wildman–Crippen LogP) is 5.07. The highest BCUT2D eigenvalue weighted by molar-refractivity contribution is 6.31. The highest BCUT2D eigenvalue weighted by atomic mass is 35.5. The topological polar surface area (TPSA) is 26.3 Å². The van der Waals surface area contributed by atoms with Gasteiger partial charge >= 0.3 is 12.1 Å². The normalized spacial score (nSPS) is 23.5. The molecule has 0 N–H and O–H groups in total. The highest BCUT2D eigenvalue weighted by Gasteiger charge is 2.62. The molecule has 23 heavy (non-hydrogen) atoms. The lowest BCUT2D eigenvalue weighted by molar-refractivity contribution is -0.147. The van der Waals surface area contributed by atoms with E-state index < -0.39 is 35.2 Å². The van der Waals surface area contributed by atoms with Crippen LogP contribution < -0.4 is 0 Å². The van der Waals surface area contributed by atoms with Crippen molar-refractivity contribution in [2.24, 2.45) is 17.3 Å². The van der Waals surface area contributed by atoms with E-state index in [2.05, 4.69) is 0 Å². The molecule has 0 saturated heterocycles. The lowest BCUT2D eigenvalue weighted by Crippen LogP contribution is -2.11. The summed E-state index contributed by atoms with van der Waals surface area (Å²) in [7, 11) is 0. The Kier molecular flexibility index (Phi) is 4.76. The zero-order valence-electron chi connectivity index (χ0n) is 12.5. The van der Waals surface area contributed by atoms with Crippen LogP contribution in [-0.4, -0.2) is 12.1 Å². The summed E-state index contributed by atoms with van der Waals surface area (Å²) in [5, 5.41) is 0.426. The fourth-order valence-corrected chi connectivity index (χ4v) is 2.74. The molecule has 0 spiro atoms. The van der Waals surface area contributed by atoms with Crippen molar-refractivity contribution in [2.45, 2.75) is 26.6 Å². The SMILES string of the molecule is CC1(C)[C@@H](C=C(F)C(F)(F)F)[C@@H]1C(=O)OCc1ccccc1Cl. The maximum Gasteiger partial charge on any atom is 0.442 e. The lowest BCUT2D eigenvalue weighted by atomic mass is 10.1. The molecule has 126 valence electrons. The Morgan fingerprint density at radius 3 is 2.52 bits per heavy atom. The van der Waals surface area contributed by atoms with Crippen LogP contribution in [0.1, 0.15) is 19.4 Å². The van der Waals surface area contributed by atoms with Gasteiger partial charge in [-0.2, -0.15) is 13.2 Å². The molecule has 1 saturated carbocycles. The van der Waals surface area contributed by atoms with Gasteiger partial charge in [0.05, 0.1) is 5.92 Å². The van der Waals surface area contributed by atoms with Crippen molar-refractivity contribution in [1.82, 2.24) is 0 Å². The molecule has 0 aliphatic heterocycles. The Balaban J connectivity index is 2.02. The average Bonchev–Trinajstić information content (AvgIpc) is 2.97. The number of hydrogen-bond acceptors (Lipinski definition) is 2. The van der Waals surface area contributed by atoms with E-state index in [1.807, 2.05) is 0 Å². The minimum Gasteiger partial charge on any atom is -0.461 e. The molecular formula is C16H15ClF4O2. The van der Waals surface area contributed by atoms with Crippen LogP contribution >= 0.6 is 11.6 Å². The van der Waals surface area contributed by atoms with Gasteiger partial charge in [0.25, 0.3) is 0 Å². The molecule has 1 aromatic rings. The molecule has 2 rings (SSSR count). The van der Waals surface area contributed by atoms with Crippen LogP contribution in [0, 0.1) is 17.3 Å². The van der Waals surface area contributed by atoms with Crippen LogP contribution in [-0.2, 0) is 16.1 Å². The fraction of sp³-hybridized carbons (Fsp3) is 0.438. The summed E-state index contributed by atoms with van der Waals surface area (Å²) in [6.07, 6.45) is -4.58. The quantitative estimate of drug-likeness (QED) is 0.559. The molecule has 0 radical (unpaired) electrons. The molecule has 1 aromatic carbocycles. The largest absolute Gasteiger partial charge is 0.461 e. The molecule has 0 unspecified atom stereocenters. The van der Waals surface area contributed by atoms with E-state index in [0.717, 1.165) is 0 Å². The lowest BCUT2D eigenvalue weighted by Gasteiger charge is -2.07. The second kappa shape index (κ2) is 6.15. The zero-order chi connectivity index (χ0) is 17.4. The standard InChI is InChI=1S/C16H15ClF4O2/c1-15(2)10(7-12(18)16(19,20)21)13(15)14(22)23-8-9-5-3-4-6-11(9)17/h3-7,10,13H,8H2,1-2H3/t10-,13+/m0/s1. The molecule has 2 atom stereocenters. The third-order valence-corrected chi connectivity index (χ3v) is 4.46. The first-order chi connectivity index (χ1) is 10.5. The van der Waals surface area contributed by atoms with E-state index >= 15 is 0 Å². The molecule has 2 nitrogen and oxygen atoms in total. The van der Waals surface area contributed by atoms with Crippen LogP contribution in [0.15, 0.2) is 36.2 Å². The Morgan fingerprint density at radius 1 is 1.35 bits per heavy atom. The summed E-state index contributed by atoms with van der Waals surface area (Å²) in [5.41, 5.74) is -0.185. The van der Waals surface area contributed by atoms with E-state index in [1.165, 1.54) is 0 Å². The number of rotatable bonds is 4. The Morgan fingerprint density at radius 2 is 1.96 bits per heavy atom. The molecule has 0 amide bonds. The number of benzene rings is 1. The number of halogens is 5. The Bertz CT molecular complexity index is 637. The van der Waals surface area contributed by atoms with Crippen molar-refractivity contribution >= 4 is 17.6 Å². The number of alkyl halides is 3. The Hall–Kier alpha value is -1.56. The molecule has 0 heterocycles. The minimum absolute atomic E-state index is 0.0801. The van der Waals surface area contributed by atoms with Crippen molar-refractivity contribution in [3.8, 4) is 0 Å². The highest BCUT2D eigenvalue weighted by Crippen LogP contribution is 2.60. The first kappa shape index (κ1) is 17.8.